The summed E-state index contributed by atoms with van der Waals surface area (Å²) < 4.78 is 24.7. The average molecular weight is 299 g/mol. The molecule has 0 aromatic heterocycles. The molecule has 5 heteroatoms. The van der Waals surface area contributed by atoms with E-state index in [-0.39, 0.29) is 0 Å². The third kappa shape index (κ3) is 5.37. The molecule has 2 N–H and O–H groups in total. The zero-order valence-corrected chi connectivity index (χ0v) is 14.2. The fraction of sp³-hybridized carbons (Fsp3) is 0.600. The minimum atomic E-state index is -3.39. The van der Waals surface area contributed by atoms with Crippen LogP contribution in [0.3, 0.4) is 0 Å². The summed E-state index contributed by atoms with van der Waals surface area (Å²) in [6, 6.07) is 7.22. The molecule has 0 unspecified atom stereocenters. The van der Waals surface area contributed by atoms with Crippen molar-refractivity contribution in [2.24, 2.45) is 5.73 Å². The number of benzene rings is 1. The van der Waals surface area contributed by atoms with E-state index >= 15 is 0 Å². The summed E-state index contributed by atoms with van der Waals surface area (Å²) >= 11 is 0. The van der Waals surface area contributed by atoms with Crippen LogP contribution >= 0.6 is 7.60 Å². The molecule has 0 bridgehead atoms. The first-order chi connectivity index (χ1) is 8.95. The maximum atomic E-state index is 13.2. The lowest BCUT2D eigenvalue weighted by Gasteiger charge is -2.32. The standard InChI is InChI=1S/C15H26NO3P/c1-14(2,3)18-20(17,19-15(4,5)6)13-9-7-12(11-16)8-10-13/h7-10H,11,16H2,1-6H3. The van der Waals surface area contributed by atoms with E-state index < -0.39 is 18.8 Å². The first kappa shape index (κ1) is 17.4. The van der Waals surface area contributed by atoms with Crippen LogP contribution in [0.25, 0.3) is 0 Å². The van der Waals surface area contributed by atoms with Gasteiger partial charge in [-0.05, 0) is 59.2 Å². The smallest absolute Gasteiger partial charge is 0.326 e. The first-order valence-corrected chi connectivity index (χ1v) is 8.31. The van der Waals surface area contributed by atoms with Crippen LogP contribution in [0.2, 0.25) is 0 Å². The van der Waals surface area contributed by atoms with Gasteiger partial charge in [0.05, 0.1) is 16.5 Å². The quantitative estimate of drug-likeness (QED) is 0.863. The van der Waals surface area contributed by atoms with Gasteiger partial charge in [0.2, 0.25) is 0 Å². The lowest BCUT2D eigenvalue weighted by molar-refractivity contribution is 0.0548. The molecule has 1 aromatic rings. The van der Waals surface area contributed by atoms with Crippen LogP contribution in [0, 0.1) is 0 Å². The van der Waals surface area contributed by atoms with E-state index in [0.29, 0.717) is 11.8 Å². The van der Waals surface area contributed by atoms with Gasteiger partial charge in [-0.15, -0.1) is 0 Å². The van der Waals surface area contributed by atoms with Crippen LogP contribution in [0.5, 0.6) is 0 Å². The van der Waals surface area contributed by atoms with Crippen molar-refractivity contribution in [3.63, 3.8) is 0 Å². The molecule has 0 saturated carbocycles. The highest BCUT2D eigenvalue weighted by molar-refractivity contribution is 7.62. The summed E-state index contributed by atoms with van der Waals surface area (Å²) in [6.07, 6.45) is 0. The maximum Gasteiger partial charge on any atom is 0.362 e. The van der Waals surface area contributed by atoms with Crippen LogP contribution in [0.15, 0.2) is 24.3 Å². The molecule has 0 fully saturated rings. The SMILES string of the molecule is CC(C)(C)OP(=O)(OC(C)(C)C)c1ccc(CN)cc1. The third-order valence-corrected chi connectivity index (χ3v) is 4.78. The highest BCUT2D eigenvalue weighted by Crippen LogP contribution is 2.53. The van der Waals surface area contributed by atoms with E-state index in [0.717, 1.165) is 5.56 Å². The van der Waals surface area contributed by atoms with E-state index in [9.17, 15) is 4.57 Å². The Hall–Kier alpha value is -0.670. The molecule has 0 aliphatic heterocycles. The molecular formula is C15H26NO3P. The predicted molar refractivity (Wildman–Crippen MR) is 83.2 cm³/mol. The Labute approximate surface area is 122 Å². The number of nitrogens with two attached hydrogens (primary N) is 1. The van der Waals surface area contributed by atoms with Gasteiger partial charge in [0.15, 0.2) is 0 Å². The molecule has 20 heavy (non-hydrogen) atoms. The van der Waals surface area contributed by atoms with Gasteiger partial charge in [-0.1, -0.05) is 12.1 Å². The van der Waals surface area contributed by atoms with Crippen molar-refractivity contribution in [1.82, 2.24) is 0 Å². The van der Waals surface area contributed by atoms with Gasteiger partial charge in [-0.25, -0.2) is 0 Å². The molecular weight excluding hydrogens is 273 g/mol. The zero-order chi connectivity index (χ0) is 15.6. The zero-order valence-electron chi connectivity index (χ0n) is 13.3. The summed E-state index contributed by atoms with van der Waals surface area (Å²) in [6.45, 7) is 11.6. The van der Waals surface area contributed by atoms with Crippen LogP contribution in [0.4, 0.5) is 0 Å². The van der Waals surface area contributed by atoms with Gasteiger partial charge < -0.3 is 5.73 Å². The Kier molecular flexibility index (Phi) is 5.20. The number of hydrogen-bond donors (Lipinski definition) is 1. The first-order valence-electron chi connectivity index (χ1n) is 6.76. The second-order valence-electron chi connectivity index (χ2n) is 6.78. The highest BCUT2D eigenvalue weighted by atomic mass is 31.2. The van der Waals surface area contributed by atoms with Crippen molar-refractivity contribution in [1.29, 1.82) is 0 Å². The van der Waals surface area contributed by atoms with E-state index in [1.807, 2.05) is 53.7 Å². The summed E-state index contributed by atoms with van der Waals surface area (Å²) in [5, 5.41) is 0.555. The lowest BCUT2D eigenvalue weighted by Crippen LogP contribution is -2.28. The minimum Gasteiger partial charge on any atom is -0.326 e. The molecule has 0 heterocycles. The minimum absolute atomic E-state index is 0.449. The van der Waals surface area contributed by atoms with Crippen LogP contribution in [-0.4, -0.2) is 11.2 Å². The summed E-state index contributed by atoms with van der Waals surface area (Å²) in [5.41, 5.74) is 5.44. The van der Waals surface area contributed by atoms with Crippen molar-refractivity contribution in [3.8, 4) is 0 Å². The van der Waals surface area contributed by atoms with E-state index in [1.165, 1.54) is 0 Å². The summed E-state index contributed by atoms with van der Waals surface area (Å²) in [7, 11) is -3.39. The van der Waals surface area contributed by atoms with Gasteiger partial charge in [0.1, 0.15) is 0 Å². The van der Waals surface area contributed by atoms with Crippen molar-refractivity contribution in [3.05, 3.63) is 29.8 Å². The predicted octanol–water partition coefficient (Wildman–Crippen LogP) is 3.59. The summed E-state index contributed by atoms with van der Waals surface area (Å²) in [5.74, 6) is 0. The Morgan fingerprint density at radius 2 is 1.35 bits per heavy atom. The van der Waals surface area contributed by atoms with E-state index in [2.05, 4.69) is 0 Å². The van der Waals surface area contributed by atoms with Gasteiger partial charge in [0, 0.05) is 6.54 Å². The van der Waals surface area contributed by atoms with E-state index in [4.69, 9.17) is 14.8 Å². The number of hydrogen-bond acceptors (Lipinski definition) is 4. The molecule has 4 nitrogen and oxygen atoms in total. The molecule has 0 radical (unpaired) electrons. The molecule has 0 aliphatic rings. The van der Waals surface area contributed by atoms with E-state index in [1.54, 1.807) is 12.1 Å². The van der Waals surface area contributed by atoms with Crippen molar-refractivity contribution < 1.29 is 13.6 Å². The topological polar surface area (TPSA) is 61.5 Å². The third-order valence-electron chi connectivity index (χ3n) is 2.28. The Bertz CT molecular complexity index is 463. The van der Waals surface area contributed by atoms with Gasteiger partial charge in [0.25, 0.3) is 0 Å². The van der Waals surface area contributed by atoms with Gasteiger partial charge >= 0.3 is 7.60 Å². The van der Waals surface area contributed by atoms with Crippen LogP contribution < -0.4 is 11.0 Å². The monoisotopic (exact) mass is 299 g/mol. The molecule has 0 atom stereocenters. The van der Waals surface area contributed by atoms with Crippen LogP contribution in [0.1, 0.15) is 47.1 Å². The fourth-order valence-electron chi connectivity index (χ4n) is 1.66. The molecule has 0 saturated heterocycles. The maximum absolute atomic E-state index is 13.2. The highest BCUT2D eigenvalue weighted by Gasteiger charge is 2.36. The molecule has 0 spiro atoms. The lowest BCUT2D eigenvalue weighted by atomic mass is 10.2. The molecule has 0 aliphatic carbocycles. The molecule has 114 valence electrons. The average Bonchev–Trinajstić information content (AvgIpc) is 2.24. The molecule has 0 amide bonds. The second kappa shape index (κ2) is 5.98. The van der Waals surface area contributed by atoms with Gasteiger partial charge in [-0.2, -0.15) is 0 Å². The Balaban J connectivity index is 3.18. The second-order valence-corrected chi connectivity index (χ2v) is 8.65. The molecule has 1 rings (SSSR count). The molecule has 1 aromatic carbocycles. The normalized spacial score (nSPS) is 13.6. The van der Waals surface area contributed by atoms with Crippen molar-refractivity contribution in [2.45, 2.75) is 59.3 Å². The van der Waals surface area contributed by atoms with Crippen molar-refractivity contribution in [2.75, 3.05) is 0 Å². The van der Waals surface area contributed by atoms with Crippen LogP contribution in [-0.2, 0) is 20.2 Å². The Morgan fingerprint density at radius 1 is 0.950 bits per heavy atom. The Morgan fingerprint density at radius 3 is 1.65 bits per heavy atom. The summed E-state index contributed by atoms with van der Waals surface area (Å²) in [4.78, 5) is 0. The number of rotatable bonds is 4. The van der Waals surface area contributed by atoms with Gasteiger partial charge in [-0.3, -0.25) is 13.6 Å². The fourth-order valence-corrected chi connectivity index (χ4v) is 3.86. The largest absolute Gasteiger partial charge is 0.362 e. The van der Waals surface area contributed by atoms with Crippen molar-refractivity contribution >= 4 is 12.9 Å².